The summed E-state index contributed by atoms with van der Waals surface area (Å²) in [5.74, 6) is 0.377. The van der Waals surface area contributed by atoms with Crippen molar-refractivity contribution >= 4 is 11.7 Å². The van der Waals surface area contributed by atoms with E-state index in [-0.39, 0.29) is 5.91 Å². The van der Waals surface area contributed by atoms with Crippen LogP contribution in [0.5, 0.6) is 0 Å². The predicted molar refractivity (Wildman–Crippen MR) is 50.1 cm³/mol. The predicted octanol–water partition coefficient (Wildman–Crippen LogP) is 0.230. The van der Waals surface area contributed by atoms with E-state index < -0.39 is 5.54 Å². The van der Waals surface area contributed by atoms with Crippen LogP contribution >= 0.6 is 0 Å². The summed E-state index contributed by atoms with van der Waals surface area (Å²) in [5.41, 5.74) is 4.65. The summed E-state index contributed by atoms with van der Waals surface area (Å²) in [6, 6.07) is 0. The van der Waals surface area contributed by atoms with Gasteiger partial charge in [-0.1, -0.05) is 0 Å². The van der Waals surface area contributed by atoms with E-state index in [1.807, 2.05) is 0 Å². The van der Waals surface area contributed by atoms with Crippen LogP contribution < -0.4 is 5.73 Å². The molecule has 0 aliphatic carbocycles. The Morgan fingerprint density at radius 3 is 2.08 bits per heavy atom. The first-order valence-electron chi connectivity index (χ1n) is 3.81. The molecular weight excluding hydrogens is 154 g/mol. The summed E-state index contributed by atoms with van der Waals surface area (Å²) in [6.45, 7) is 5.15. The molecule has 0 saturated carbocycles. The van der Waals surface area contributed by atoms with E-state index in [0.717, 1.165) is 0 Å². The van der Waals surface area contributed by atoms with Crippen LogP contribution in [0.25, 0.3) is 0 Å². The van der Waals surface area contributed by atoms with Gasteiger partial charge in [0.2, 0.25) is 5.91 Å². The first-order valence-corrected chi connectivity index (χ1v) is 3.81. The fraction of sp³-hybridized carbons (Fsp3) is 0.750. The van der Waals surface area contributed by atoms with Gasteiger partial charge >= 0.3 is 0 Å². The number of amides is 1. The van der Waals surface area contributed by atoms with Crippen molar-refractivity contribution < 1.29 is 4.79 Å². The van der Waals surface area contributed by atoms with Crippen LogP contribution in [-0.2, 0) is 4.79 Å². The van der Waals surface area contributed by atoms with Crippen LogP contribution in [0, 0.1) is 0 Å². The van der Waals surface area contributed by atoms with E-state index in [1.54, 1.807) is 34.9 Å². The van der Waals surface area contributed by atoms with Crippen molar-refractivity contribution in [3.8, 4) is 0 Å². The van der Waals surface area contributed by atoms with Crippen molar-refractivity contribution in [3.05, 3.63) is 0 Å². The van der Waals surface area contributed by atoms with Crippen molar-refractivity contribution in [1.29, 1.82) is 0 Å². The van der Waals surface area contributed by atoms with Crippen LogP contribution in [0.3, 0.4) is 0 Å². The molecule has 0 atom stereocenters. The summed E-state index contributed by atoms with van der Waals surface area (Å²) < 4.78 is 0. The molecule has 70 valence electrons. The summed E-state index contributed by atoms with van der Waals surface area (Å²) in [4.78, 5) is 17.0. The number of nitrogens with two attached hydrogens (primary N) is 1. The summed E-state index contributed by atoms with van der Waals surface area (Å²) in [6.07, 6.45) is 0. The maximum absolute atomic E-state index is 11.5. The Morgan fingerprint density at radius 1 is 1.42 bits per heavy atom. The van der Waals surface area contributed by atoms with Gasteiger partial charge in [0.25, 0.3) is 0 Å². The quantitative estimate of drug-likeness (QED) is 0.477. The van der Waals surface area contributed by atoms with Crippen molar-refractivity contribution in [3.63, 3.8) is 0 Å². The minimum absolute atomic E-state index is 0.0488. The topological polar surface area (TPSA) is 58.7 Å². The molecule has 0 fully saturated rings. The summed E-state index contributed by atoms with van der Waals surface area (Å²) in [7, 11) is 3.40. The first-order chi connectivity index (χ1) is 5.27. The molecule has 0 unspecified atom stereocenters. The van der Waals surface area contributed by atoms with Crippen molar-refractivity contribution in [2.45, 2.75) is 26.3 Å². The fourth-order valence-electron chi connectivity index (χ4n) is 1.04. The zero-order chi connectivity index (χ0) is 9.94. The van der Waals surface area contributed by atoms with Gasteiger partial charge in [0.05, 0.1) is 5.84 Å². The molecule has 12 heavy (non-hydrogen) atoms. The summed E-state index contributed by atoms with van der Waals surface area (Å²) in [5, 5.41) is 0. The second-order valence-electron chi connectivity index (χ2n) is 3.51. The lowest BCUT2D eigenvalue weighted by molar-refractivity contribution is -0.133. The van der Waals surface area contributed by atoms with Crippen molar-refractivity contribution in [2.75, 3.05) is 14.1 Å². The number of likely N-dealkylation sites (N-methyl/N-ethyl adjacent to an activating group) is 1. The zero-order valence-corrected chi connectivity index (χ0v) is 8.38. The largest absolute Gasteiger partial charge is 0.388 e. The van der Waals surface area contributed by atoms with Gasteiger partial charge in [-0.05, 0) is 20.8 Å². The van der Waals surface area contributed by atoms with Gasteiger partial charge in [-0.15, -0.1) is 0 Å². The average Bonchev–Trinajstić information content (AvgIpc) is 1.82. The molecule has 4 heteroatoms. The van der Waals surface area contributed by atoms with E-state index in [4.69, 9.17) is 5.73 Å². The van der Waals surface area contributed by atoms with E-state index in [9.17, 15) is 4.79 Å². The number of hydrogen-bond acceptors (Lipinski definition) is 2. The van der Waals surface area contributed by atoms with Crippen LogP contribution in [0.15, 0.2) is 4.99 Å². The minimum atomic E-state index is -0.748. The third-order valence-electron chi connectivity index (χ3n) is 1.39. The second-order valence-corrected chi connectivity index (χ2v) is 3.51. The van der Waals surface area contributed by atoms with Crippen molar-refractivity contribution in [1.82, 2.24) is 4.90 Å². The van der Waals surface area contributed by atoms with Gasteiger partial charge in [0.15, 0.2) is 0 Å². The smallest absolute Gasteiger partial charge is 0.249 e. The Hall–Kier alpha value is -1.06. The number of rotatable bonds is 2. The highest BCUT2D eigenvalue weighted by molar-refractivity contribution is 5.89. The third-order valence-corrected chi connectivity index (χ3v) is 1.39. The lowest BCUT2D eigenvalue weighted by Crippen LogP contribution is -2.41. The standard InChI is InChI=1S/C8H17N3O/c1-6(9)10-8(2,3)7(12)11(4)5/h1-5H3,(H2,9,10). The molecule has 0 bridgehead atoms. The van der Waals surface area contributed by atoms with Gasteiger partial charge in [-0.3, -0.25) is 9.79 Å². The Kier molecular flexibility index (Phi) is 3.24. The van der Waals surface area contributed by atoms with E-state index in [0.29, 0.717) is 5.84 Å². The maximum atomic E-state index is 11.5. The normalized spacial score (nSPS) is 12.9. The molecule has 0 aromatic carbocycles. The molecule has 4 nitrogen and oxygen atoms in total. The van der Waals surface area contributed by atoms with Crippen molar-refractivity contribution in [2.24, 2.45) is 10.7 Å². The van der Waals surface area contributed by atoms with Crippen LogP contribution in [0.4, 0.5) is 0 Å². The average molecular weight is 171 g/mol. The molecule has 0 heterocycles. The molecular formula is C8H17N3O. The van der Waals surface area contributed by atoms with Gasteiger partial charge in [0.1, 0.15) is 5.54 Å². The number of carbonyl (C=O) groups is 1. The van der Waals surface area contributed by atoms with Gasteiger partial charge < -0.3 is 10.6 Å². The first kappa shape index (κ1) is 10.9. The molecule has 0 saturated heterocycles. The number of nitrogens with zero attached hydrogens (tertiary/aromatic N) is 2. The van der Waals surface area contributed by atoms with E-state index in [1.165, 1.54) is 4.90 Å². The summed E-state index contributed by atoms with van der Waals surface area (Å²) >= 11 is 0. The molecule has 0 aliphatic heterocycles. The second kappa shape index (κ2) is 3.56. The van der Waals surface area contributed by atoms with E-state index in [2.05, 4.69) is 4.99 Å². The number of aliphatic imine (C=N–C) groups is 1. The molecule has 0 rings (SSSR count). The fourth-order valence-corrected chi connectivity index (χ4v) is 1.04. The van der Waals surface area contributed by atoms with Crippen LogP contribution in [0.2, 0.25) is 0 Å². The molecule has 0 aromatic heterocycles. The Labute approximate surface area is 73.5 Å². The highest BCUT2D eigenvalue weighted by Gasteiger charge is 2.27. The molecule has 0 aliphatic rings. The number of hydrogen-bond donors (Lipinski definition) is 1. The maximum Gasteiger partial charge on any atom is 0.249 e. The molecule has 0 aromatic rings. The van der Waals surface area contributed by atoms with Crippen LogP contribution in [-0.4, -0.2) is 36.3 Å². The highest BCUT2D eigenvalue weighted by atomic mass is 16.2. The monoisotopic (exact) mass is 171 g/mol. The third kappa shape index (κ3) is 2.90. The Balaban J connectivity index is 4.62. The SMILES string of the molecule is CC(N)=NC(C)(C)C(=O)N(C)C. The van der Waals surface area contributed by atoms with Crippen LogP contribution in [0.1, 0.15) is 20.8 Å². The zero-order valence-electron chi connectivity index (χ0n) is 8.38. The molecule has 2 N–H and O–H groups in total. The Morgan fingerprint density at radius 2 is 1.83 bits per heavy atom. The molecule has 0 radical (unpaired) electrons. The lowest BCUT2D eigenvalue weighted by atomic mass is 10.1. The molecule has 0 spiro atoms. The highest BCUT2D eigenvalue weighted by Crippen LogP contribution is 2.11. The van der Waals surface area contributed by atoms with Gasteiger partial charge in [0, 0.05) is 14.1 Å². The lowest BCUT2D eigenvalue weighted by Gasteiger charge is -2.23. The van der Waals surface area contributed by atoms with Gasteiger partial charge in [-0.2, -0.15) is 0 Å². The van der Waals surface area contributed by atoms with E-state index >= 15 is 0 Å². The van der Waals surface area contributed by atoms with Gasteiger partial charge in [-0.25, -0.2) is 0 Å². The Bertz CT molecular complexity index is 202. The molecule has 1 amide bonds. The number of carbonyl (C=O) groups excluding carboxylic acids is 1. The minimum Gasteiger partial charge on any atom is -0.388 e. The number of amidine groups is 1.